The van der Waals surface area contributed by atoms with Crippen LogP contribution in [0, 0.1) is 0 Å². The highest BCUT2D eigenvalue weighted by Gasteiger charge is 2.26. The quantitative estimate of drug-likeness (QED) is 0.772. The Kier molecular flexibility index (Phi) is 4.81. The Morgan fingerprint density at radius 3 is 2.19 bits per heavy atom. The molecule has 1 atom stereocenters. The Morgan fingerprint density at radius 2 is 1.75 bits per heavy atom. The highest BCUT2D eigenvalue weighted by Crippen LogP contribution is 2.25. The van der Waals surface area contributed by atoms with E-state index in [1.165, 1.54) is 5.56 Å². The number of benzene rings is 1. The molecule has 90 valence electrons. The summed E-state index contributed by atoms with van der Waals surface area (Å²) in [6, 6.07) is 8.13. The molecule has 0 spiro atoms. The number of ether oxygens (including phenoxy) is 2. The first-order chi connectivity index (χ1) is 7.49. The smallest absolute Gasteiger partial charge is 0.118 e. The van der Waals surface area contributed by atoms with Crippen molar-refractivity contribution >= 4 is 15.9 Å². The Hall–Kier alpha value is -0.540. The summed E-state index contributed by atoms with van der Waals surface area (Å²) in [6.07, 6.45) is 0.935. The van der Waals surface area contributed by atoms with Crippen LogP contribution in [0.1, 0.15) is 19.4 Å². The monoisotopic (exact) mass is 286 g/mol. The van der Waals surface area contributed by atoms with Gasteiger partial charge in [0.15, 0.2) is 0 Å². The van der Waals surface area contributed by atoms with Gasteiger partial charge in [-0.05, 0) is 38.0 Å². The zero-order valence-corrected chi connectivity index (χ0v) is 11.9. The van der Waals surface area contributed by atoms with E-state index in [0.29, 0.717) is 4.83 Å². The van der Waals surface area contributed by atoms with Gasteiger partial charge in [-0.2, -0.15) is 0 Å². The van der Waals surface area contributed by atoms with E-state index in [1.807, 2.05) is 12.1 Å². The van der Waals surface area contributed by atoms with Gasteiger partial charge in [-0.3, -0.25) is 0 Å². The molecule has 0 aliphatic rings. The van der Waals surface area contributed by atoms with Gasteiger partial charge >= 0.3 is 0 Å². The molecule has 0 fully saturated rings. The molecule has 0 saturated heterocycles. The molecular weight excluding hydrogens is 268 g/mol. The van der Waals surface area contributed by atoms with Crippen molar-refractivity contribution < 1.29 is 9.47 Å². The molecule has 0 aliphatic carbocycles. The van der Waals surface area contributed by atoms with Gasteiger partial charge in [0.1, 0.15) is 5.75 Å². The van der Waals surface area contributed by atoms with Crippen molar-refractivity contribution in [3.05, 3.63) is 29.8 Å². The molecule has 0 amide bonds. The highest BCUT2D eigenvalue weighted by atomic mass is 79.9. The molecule has 1 aromatic rings. The second-order valence-corrected chi connectivity index (χ2v) is 5.43. The van der Waals surface area contributed by atoms with Gasteiger partial charge < -0.3 is 9.47 Å². The zero-order chi connectivity index (χ0) is 12.2. The van der Waals surface area contributed by atoms with Crippen LogP contribution in [0.5, 0.6) is 5.75 Å². The average Bonchev–Trinajstić information content (AvgIpc) is 2.30. The minimum atomic E-state index is -0.167. The first kappa shape index (κ1) is 13.5. The maximum Gasteiger partial charge on any atom is 0.118 e. The molecule has 0 heterocycles. The fraction of sp³-hybridized carbons (Fsp3) is 0.538. The number of alkyl halides is 1. The van der Waals surface area contributed by atoms with E-state index >= 15 is 0 Å². The Bertz CT molecular complexity index is 319. The minimum Gasteiger partial charge on any atom is -0.497 e. The molecule has 0 bridgehead atoms. The van der Waals surface area contributed by atoms with E-state index in [0.717, 1.165) is 12.2 Å². The molecular formula is C13H19BrO2. The summed E-state index contributed by atoms with van der Waals surface area (Å²) in [7, 11) is 3.42. The van der Waals surface area contributed by atoms with E-state index < -0.39 is 0 Å². The van der Waals surface area contributed by atoms with Crippen molar-refractivity contribution in [1.82, 2.24) is 0 Å². The second kappa shape index (κ2) is 5.69. The van der Waals surface area contributed by atoms with Gasteiger partial charge in [0.05, 0.1) is 12.7 Å². The van der Waals surface area contributed by atoms with Crippen LogP contribution in [0.25, 0.3) is 0 Å². The Labute approximate surface area is 106 Å². The largest absolute Gasteiger partial charge is 0.497 e. The predicted molar refractivity (Wildman–Crippen MR) is 70.5 cm³/mol. The molecule has 1 rings (SSSR count). The fourth-order valence-corrected chi connectivity index (χ4v) is 1.90. The fourth-order valence-electron chi connectivity index (χ4n) is 1.34. The lowest BCUT2D eigenvalue weighted by atomic mass is 9.98. The first-order valence-corrected chi connectivity index (χ1v) is 6.23. The summed E-state index contributed by atoms with van der Waals surface area (Å²) >= 11 is 3.68. The lowest BCUT2D eigenvalue weighted by Crippen LogP contribution is -2.35. The topological polar surface area (TPSA) is 18.5 Å². The van der Waals surface area contributed by atoms with Crippen LogP contribution in [-0.2, 0) is 11.2 Å². The Balaban J connectivity index is 2.66. The Morgan fingerprint density at radius 1 is 1.19 bits per heavy atom. The number of methoxy groups -OCH3 is 2. The molecule has 0 saturated carbocycles. The summed E-state index contributed by atoms with van der Waals surface area (Å²) in [5.41, 5.74) is 1.10. The third kappa shape index (κ3) is 3.49. The number of hydrogen-bond donors (Lipinski definition) is 0. The molecule has 3 heteroatoms. The normalized spacial score (nSPS) is 13.6. The molecule has 1 aromatic carbocycles. The van der Waals surface area contributed by atoms with Gasteiger partial charge in [-0.1, -0.05) is 28.1 Å². The molecule has 2 nitrogen and oxygen atoms in total. The van der Waals surface area contributed by atoms with Crippen molar-refractivity contribution in [3.8, 4) is 5.75 Å². The van der Waals surface area contributed by atoms with E-state index in [2.05, 4.69) is 41.9 Å². The number of hydrogen-bond acceptors (Lipinski definition) is 2. The van der Waals surface area contributed by atoms with E-state index in [1.54, 1.807) is 14.2 Å². The molecule has 1 unspecified atom stereocenters. The summed E-state index contributed by atoms with van der Waals surface area (Å²) in [4.78, 5) is 0.290. The van der Waals surface area contributed by atoms with E-state index in [-0.39, 0.29) is 5.60 Å². The number of rotatable bonds is 5. The standard InChI is InChI=1S/C13H19BrO2/c1-13(2,16-4)12(14)9-10-5-7-11(15-3)8-6-10/h5-8,12H,9H2,1-4H3. The van der Waals surface area contributed by atoms with Crippen molar-refractivity contribution in [1.29, 1.82) is 0 Å². The van der Waals surface area contributed by atoms with Gasteiger partial charge in [0.25, 0.3) is 0 Å². The summed E-state index contributed by atoms with van der Waals surface area (Å²) < 4.78 is 10.6. The lowest BCUT2D eigenvalue weighted by Gasteiger charge is -2.29. The maximum atomic E-state index is 5.44. The van der Waals surface area contributed by atoms with Crippen LogP contribution in [0.2, 0.25) is 0 Å². The second-order valence-electron chi connectivity index (χ2n) is 4.33. The van der Waals surface area contributed by atoms with Crippen molar-refractivity contribution in [3.63, 3.8) is 0 Å². The van der Waals surface area contributed by atoms with Crippen molar-refractivity contribution in [2.75, 3.05) is 14.2 Å². The van der Waals surface area contributed by atoms with Gasteiger partial charge in [-0.15, -0.1) is 0 Å². The average molecular weight is 287 g/mol. The molecule has 0 aromatic heterocycles. The van der Waals surface area contributed by atoms with Crippen LogP contribution >= 0.6 is 15.9 Å². The van der Waals surface area contributed by atoms with Gasteiger partial charge in [-0.25, -0.2) is 0 Å². The van der Waals surface area contributed by atoms with Crippen LogP contribution in [0.15, 0.2) is 24.3 Å². The summed E-state index contributed by atoms with van der Waals surface area (Å²) in [5.74, 6) is 0.890. The van der Waals surface area contributed by atoms with Crippen LogP contribution in [-0.4, -0.2) is 24.6 Å². The van der Waals surface area contributed by atoms with Crippen LogP contribution < -0.4 is 4.74 Å². The van der Waals surface area contributed by atoms with Gasteiger partial charge in [0.2, 0.25) is 0 Å². The summed E-state index contributed by atoms with van der Waals surface area (Å²) in [5, 5.41) is 0. The van der Waals surface area contributed by atoms with Crippen LogP contribution in [0.4, 0.5) is 0 Å². The SMILES string of the molecule is COc1ccc(CC(Br)C(C)(C)OC)cc1. The van der Waals surface area contributed by atoms with Gasteiger partial charge in [0, 0.05) is 11.9 Å². The molecule has 0 aliphatic heterocycles. The number of halogens is 1. The van der Waals surface area contributed by atoms with Crippen LogP contribution in [0.3, 0.4) is 0 Å². The zero-order valence-electron chi connectivity index (χ0n) is 10.3. The third-order valence-electron chi connectivity index (χ3n) is 2.85. The molecule has 16 heavy (non-hydrogen) atoms. The van der Waals surface area contributed by atoms with Crippen molar-refractivity contribution in [2.45, 2.75) is 30.7 Å². The first-order valence-electron chi connectivity index (χ1n) is 5.31. The molecule has 0 N–H and O–H groups in total. The molecule has 0 radical (unpaired) electrons. The highest BCUT2D eigenvalue weighted by molar-refractivity contribution is 9.09. The lowest BCUT2D eigenvalue weighted by molar-refractivity contribution is 0.0226. The third-order valence-corrected chi connectivity index (χ3v) is 4.28. The van der Waals surface area contributed by atoms with Crippen molar-refractivity contribution in [2.24, 2.45) is 0 Å². The maximum absolute atomic E-state index is 5.44. The minimum absolute atomic E-state index is 0.167. The summed E-state index contributed by atoms with van der Waals surface area (Å²) in [6.45, 7) is 4.16. The van der Waals surface area contributed by atoms with E-state index in [9.17, 15) is 0 Å². The predicted octanol–water partition coefficient (Wildman–Crippen LogP) is 3.43. The van der Waals surface area contributed by atoms with E-state index in [4.69, 9.17) is 9.47 Å².